The number of amides is 3. The average molecular weight is 300 g/mol. The second-order valence-corrected chi connectivity index (χ2v) is 6.73. The first kappa shape index (κ1) is 14.1. The lowest BCUT2D eigenvalue weighted by Gasteiger charge is -2.44. The van der Waals surface area contributed by atoms with Crippen molar-refractivity contribution in [2.45, 2.75) is 56.5 Å². The molecule has 1 aliphatic carbocycles. The quantitative estimate of drug-likeness (QED) is 0.551. The van der Waals surface area contributed by atoms with E-state index < -0.39 is 5.54 Å². The molecule has 0 aromatic carbocycles. The van der Waals surface area contributed by atoms with Gasteiger partial charge in [0.1, 0.15) is 5.54 Å². The Morgan fingerprint density at radius 1 is 1.10 bits per heavy atom. The molecule has 0 N–H and O–H groups in total. The zero-order chi connectivity index (χ0) is 14.3. The van der Waals surface area contributed by atoms with Crippen LogP contribution in [0.1, 0.15) is 44.9 Å². The van der Waals surface area contributed by atoms with Crippen LogP contribution >= 0.6 is 11.8 Å². The van der Waals surface area contributed by atoms with E-state index >= 15 is 0 Å². The number of nitrogens with zero attached hydrogens (tertiary/aromatic N) is 3. The van der Waals surface area contributed by atoms with E-state index in [1.807, 2.05) is 4.90 Å². The van der Waals surface area contributed by atoms with E-state index in [9.17, 15) is 9.59 Å². The maximum Gasteiger partial charge on any atom is 0.327 e. The van der Waals surface area contributed by atoms with Crippen molar-refractivity contribution < 1.29 is 9.59 Å². The minimum Gasteiger partial charge on any atom is -0.306 e. The Hall–Kier alpha value is -0.810. The van der Waals surface area contributed by atoms with Crippen molar-refractivity contribution in [3.8, 4) is 0 Å². The molecule has 1 saturated carbocycles. The molecule has 0 radical (unpaired) electrons. The molecule has 0 atom stereocenters. The summed E-state index contributed by atoms with van der Waals surface area (Å²) in [7, 11) is 1.61. The number of hydrogen-bond donors (Lipinski definition) is 0. The summed E-state index contributed by atoms with van der Waals surface area (Å²) in [5.41, 5.74) is -0.626. The van der Waals surface area contributed by atoms with Crippen LogP contribution in [0.3, 0.4) is 0 Å². The summed E-state index contributed by atoms with van der Waals surface area (Å²) in [5, 5.41) is 0. The summed E-state index contributed by atoms with van der Waals surface area (Å²) in [5.74, 6) is -0.0298. The molecule has 0 bridgehead atoms. The molecule has 3 aliphatic rings. The number of halogens is 1. The van der Waals surface area contributed by atoms with Crippen LogP contribution in [0.5, 0.6) is 0 Å². The van der Waals surface area contributed by atoms with Crippen molar-refractivity contribution in [1.29, 1.82) is 0 Å². The van der Waals surface area contributed by atoms with E-state index in [0.29, 0.717) is 25.9 Å². The predicted octanol–water partition coefficient (Wildman–Crippen LogP) is 2.20. The van der Waals surface area contributed by atoms with E-state index in [1.165, 1.54) is 11.3 Å². The fourth-order valence-electron chi connectivity index (χ4n) is 4.00. The van der Waals surface area contributed by atoms with Gasteiger partial charge >= 0.3 is 6.03 Å². The van der Waals surface area contributed by atoms with Crippen LogP contribution in [-0.2, 0) is 4.79 Å². The van der Waals surface area contributed by atoms with Gasteiger partial charge in [-0.2, -0.15) is 0 Å². The van der Waals surface area contributed by atoms with Gasteiger partial charge in [-0.25, -0.2) is 9.21 Å². The minimum absolute atomic E-state index is 0.0298. The SMILES string of the molecule is CN1C(=O)N(C2CCCCC2)C2(CCN(Cl)CC2)C1=O. The molecule has 2 saturated heterocycles. The van der Waals surface area contributed by atoms with Crippen molar-refractivity contribution in [3.05, 3.63) is 0 Å². The lowest BCUT2D eigenvalue weighted by molar-refractivity contribution is -0.135. The molecule has 6 heteroatoms. The number of likely N-dealkylation sites (N-methyl/N-ethyl adjacent to an activating group) is 1. The van der Waals surface area contributed by atoms with Crippen LogP contribution in [0.25, 0.3) is 0 Å². The van der Waals surface area contributed by atoms with Gasteiger partial charge in [0.15, 0.2) is 0 Å². The molecular weight excluding hydrogens is 278 g/mol. The highest BCUT2D eigenvalue weighted by atomic mass is 35.5. The van der Waals surface area contributed by atoms with Gasteiger partial charge in [0.05, 0.1) is 0 Å². The normalized spacial score (nSPS) is 28.7. The predicted molar refractivity (Wildman–Crippen MR) is 76.3 cm³/mol. The fraction of sp³-hybridized carbons (Fsp3) is 0.857. The van der Waals surface area contributed by atoms with Gasteiger partial charge in [-0.3, -0.25) is 9.69 Å². The molecular formula is C14H22ClN3O2. The van der Waals surface area contributed by atoms with Gasteiger partial charge in [0.2, 0.25) is 0 Å². The Labute approximate surface area is 124 Å². The van der Waals surface area contributed by atoms with Crippen molar-refractivity contribution in [2.24, 2.45) is 0 Å². The number of piperidine rings is 1. The minimum atomic E-state index is -0.626. The first-order chi connectivity index (χ1) is 9.56. The number of rotatable bonds is 1. The molecule has 3 fully saturated rings. The number of carbonyl (C=O) groups is 2. The maximum absolute atomic E-state index is 12.7. The molecule has 5 nitrogen and oxygen atoms in total. The summed E-state index contributed by atoms with van der Waals surface area (Å²) in [6, 6.07) is 0.122. The van der Waals surface area contributed by atoms with Crippen molar-refractivity contribution in [1.82, 2.24) is 14.2 Å². The largest absolute Gasteiger partial charge is 0.327 e. The Balaban J connectivity index is 1.91. The third-order valence-electron chi connectivity index (χ3n) is 5.13. The second kappa shape index (κ2) is 5.19. The van der Waals surface area contributed by atoms with E-state index in [0.717, 1.165) is 25.7 Å². The molecule has 3 rings (SSSR count). The van der Waals surface area contributed by atoms with Crippen molar-refractivity contribution >= 4 is 23.7 Å². The third kappa shape index (κ3) is 2.02. The number of imide groups is 1. The summed E-state index contributed by atoms with van der Waals surface area (Å²) in [6.07, 6.45) is 6.92. The van der Waals surface area contributed by atoms with E-state index in [-0.39, 0.29) is 18.0 Å². The number of hydrogen-bond acceptors (Lipinski definition) is 3. The van der Waals surface area contributed by atoms with Crippen LogP contribution < -0.4 is 0 Å². The highest BCUT2D eigenvalue weighted by Gasteiger charge is 2.58. The molecule has 2 aliphatic heterocycles. The first-order valence-corrected chi connectivity index (χ1v) is 7.92. The Morgan fingerprint density at radius 3 is 2.30 bits per heavy atom. The molecule has 1 spiro atoms. The summed E-state index contributed by atoms with van der Waals surface area (Å²) in [4.78, 5) is 28.4. The lowest BCUT2D eigenvalue weighted by atomic mass is 9.83. The van der Waals surface area contributed by atoms with Crippen LogP contribution in [-0.4, -0.2) is 57.9 Å². The molecule has 0 aromatic heterocycles. The van der Waals surface area contributed by atoms with Gasteiger partial charge in [-0.1, -0.05) is 19.3 Å². The highest BCUT2D eigenvalue weighted by molar-refractivity contribution is 6.13. The van der Waals surface area contributed by atoms with Crippen molar-refractivity contribution in [2.75, 3.05) is 20.1 Å². The van der Waals surface area contributed by atoms with Gasteiger partial charge in [0, 0.05) is 26.2 Å². The van der Waals surface area contributed by atoms with Gasteiger partial charge < -0.3 is 4.90 Å². The number of carbonyl (C=O) groups excluding carboxylic acids is 2. The molecule has 0 aromatic rings. The van der Waals surface area contributed by atoms with Crippen molar-refractivity contribution in [3.63, 3.8) is 0 Å². The fourth-order valence-corrected chi connectivity index (χ4v) is 4.16. The second-order valence-electron chi connectivity index (χ2n) is 6.25. The molecule has 3 amide bonds. The van der Waals surface area contributed by atoms with E-state index in [1.54, 1.807) is 11.5 Å². The monoisotopic (exact) mass is 299 g/mol. The van der Waals surface area contributed by atoms with Gasteiger partial charge in [-0.15, -0.1) is 0 Å². The average Bonchev–Trinajstić information content (AvgIpc) is 2.65. The van der Waals surface area contributed by atoms with Crippen LogP contribution in [0.2, 0.25) is 0 Å². The van der Waals surface area contributed by atoms with E-state index in [2.05, 4.69) is 0 Å². The van der Waals surface area contributed by atoms with E-state index in [4.69, 9.17) is 11.8 Å². The van der Waals surface area contributed by atoms with Gasteiger partial charge in [-0.05, 0) is 37.5 Å². The molecule has 20 heavy (non-hydrogen) atoms. The summed E-state index contributed by atoms with van der Waals surface area (Å²) in [6.45, 7) is 1.33. The van der Waals surface area contributed by atoms with Crippen LogP contribution in [0.15, 0.2) is 0 Å². The zero-order valence-corrected chi connectivity index (χ0v) is 12.7. The maximum atomic E-state index is 12.7. The molecule has 2 heterocycles. The highest BCUT2D eigenvalue weighted by Crippen LogP contribution is 2.41. The molecule has 0 unspecified atom stereocenters. The Bertz CT molecular complexity index is 415. The smallest absolute Gasteiger partial charge is 0.306 e. The summed E-state index contributed by atoms with van der Waals surface area (Å²) < 4.78 is 1.72. The van der Waals surface area contributed by atoms with Gasteiger partial charge in [0.25, 0.3) is 5.91 Å². The topological polar surface area (TPSA) is 43.9 Å². The standard InChI is InChI=1S/C14H22ClN3O2/c1-16-12(19)14(7-9-17(15)10-8-14)18(13(16)20)11-5-3-2-4-6-11/h11H,2-10H2,1H3. The first-order valence-electron chi connectivity index (χ1n) is 7.58. The van der Waals surface area contributed by atoms with Crippen LogP contribution in [0.4, 0.5) is 4.79 Å². The Kier molecular flexibility index (Phi) is 3.67. The zero-order valence-electron chi connectivity index (χ0n) is 12.0. The summed E-state index contributed by atoms with van der Waals surface area (Å²) >= 11 is 6.04. The third-order valence-corrected chi connectivity index (χ3v) is 5.47. The van der Waals surface area contributed by atoms with Crippen LogP contribution in [0, 0.1) is 0 Å². The molecule has 112 valence electrons. The number of urea groups is 1. The Morgan fingerprint density at radius 2 is 1.70 bits per heavy atom. The lowest BCUT2D eigenvalue weighted by Crippen LogP contribution is -2.58.